The van der Waals surface area contributed by atoms with Crippen molar-refractivity contribution in [2.45, 2.75) is 6.92 Å². The zero-order valence-corrected chi connectivity index (χ0v) is 7.63. The van der Waals surface area contributed by atoms with Gasteiger partial charge < -0.3 is 4.90 Å². The van der Waals surface area contributed by atoms with E-state index < -0.39 is 0 Å². The second-order valence-corrected chi connectivity index (χ2v) is 3.03. The van der Waals surface area contributed by atoms with E-state index in [1.54, 1.807) is 0 Å². The Balaban J connectivity index is 3.05. The molecule has 11 heavy (non-hydrogen) atoms. The molecule has 0 N–H and O–H groups in total. The van der Waals surface area contributed by atoms with Gasteiger partial charge in [0.05, 0.1) is 0 Å². The second-order valence-electron chi connectivity index (χ2n) is 3.03. The van der Waals surface area contributed by atoms with Gasteiger partial charge >= 0.3 is 0 Å². The van der Waals surface area contributed by atoms with Crippen molar-refractivity contribution in [3.8, 4) is 0 Å². The quantitative estimate of drug-likeness (QED) is 0.541. The Morgan fingerprint density at radius 3 is 2.36 bits per heavy atom. The molecule has 1 aromatic heterocycles. The van der Waals surface area contributed by atoms with Crippen LogP contribution in [0.2, 0.25) is 0 Å². The first-order valence-corrected chi connectivity index (χ1v) is 3.75. The van der Waals surface area contributed by atoms with E-state index in [1.165, 1.54) is 11.4 Å². The standard InChI is InChI=1S/C9H15N2/c1-8-5-6-9(10(2)3)7-11(8)4/h5-7H,1-4H3/q+1. The lowest BCUT2D eigenvalue weighted by Gasteiger charge is -2.09. The lowest BCUT2D eigenvalue weighted by atomic mass is 10.3. The number of hydrogen-bond donors (Lipinski definition) is 0. The number of rotatable bonds is 1. The van der Waals surface area contributed by atoms with E-state index in [2.05, 4.69) is 41.8 Å². The summed E-state index contributed by atoms with van der Waals surface area (Å²) in [7, 11) is 6.15. The highest BCUT2D eigenvalue weighted by Crippen LogP contribution is 2.06. The second kappa shape index (κ2) is 2.91. The van der Waals surface area contributed by atoms with Crippen LogP contribution in [-0.4, -0.2) is 14.1 Å². The van der Waals surface area contributed by atoms with E-state index in [4.69, 9.17) is 0 Å². The Hall–Kier alpha value is -1.05. The van der Waals surface area contributed by atoms with Crippen LogP contribution in [0.1, 0.15) is 5.69 Å². The molecule has 0 aliphatic heterocycles. The van der Waals surface area contributed by atoms with Crippen LogP contribution in [0.4, 0.5) is 5.69 Å². The van der Waals surface area contributed by atoms with Crippen LogP contribution in [0.5, 0.6) is 0 Å². The third kappa shape index (κ3) is 1.70. The molecule has 0 aliphatic rings. The molecule has 60 valence electrons. The van der Waals surface area contributed by atoms with Gasteiger partial charge in [0.1, 0.15) is 12.7 Å². The van der Waals surface area contributed by atoms with Gasteiger partial charge in [0.2, 0.25) is 0 Å². The van der Waals surface area contributed by atoms with E-state index >= 15 is 0 Å². The van der Waals surface area contributed by atoms with E-state index in [0.29, 0.717) is 0 Å². The predicted molar refractivity (Wildman–Crippen MR) is 46.7 cm³/mol. The molecular formula is C9H15N2+. The highest BCUT2D eigenvalue weighted by Gasteiger charge is 2.02. The molecule has 0 fully saturated rings. The fourth-order valence-corrected chi connectivity index (χ4v) is 0.931. The SMILES string of the molecule is Cc1ccc(N(C)C)c[n+]1C. The van der Waals surface area contributed by atoms with E-state index in [1.807, 2.05) is 14.1 Å². The van der Waals surface area contributed by atoms with Gasteiger partial charge in [0, 0.05) is 27.1 Å². The minimum Gasteiger partial charge on any atom is -0.373 e. The molecule has 0 bridgehead atoms. The summed E-state index contributed by atoms with van der Waals surface area (Å²) >= 11 is 0. The summed E-state index contributed by atoms with van der Waals surface area (Å²) in [5.41, 5.74) is 2.51. The van der Waals surface area contributed by atoms with E-state index in [-0.39, 0.29) is 0 Å². The molecule has 0 atom stereocenters. The maximum absolute atomic E-state index is 2.12. The van der Waals surface area contributed by atoms with Crippen LogP contribution in [0.25, 0.3) is 0 Å². The molecule has 2 heteroatoms. The first kappa shape index (κ1) is 8.05. The first-order valence-electron chi connectivity index (χ1n) is 3.75. The number of aryl methyl sites for hydroxylation is 2. The van der Waals surface area contributed by atoms with Gasteiger partial charge in [-0.25, -0.2) is 4.57 Å². The molecular weight excluding hydrogens is 136 g/mol. The molecule has 0 aromatic carbocycles. The van der Waals surface area contributed by atoms with Gasteiger partial charge in [-0.2, -0.15) is 0 Å². The third-order valence-electron chi connectivity index (χ3n) is 1.89. The predicted octanol–water partition coefficient (Wildman–Crippen LogP) is 0.886. The molecule has 1 aromatic rings. The zero-order valence-electron chi connectivity index (χ0n) is 7.63. The Bertz CT molecular complexity index is 254. The van der Waals surface area contributed by atoms with Crippen molar-refractivity contribution in [3.05, 3.63) is 24.0 Å². The minimum atomic E-state index is 1.23. The molecule has 0 saturated carbocycles. The maximum Gasteiger partial charge on any atom is 0.192 e. The Kier molecular flexibility index (Phi) is 2.13. The average molecular weight is 151 g/mol. The Labute approximate surface area is 68.1 Å². The molecule has 0 amide bonds. The molecule has 0 spiro atoms. The fraction of sp³-hybridized carbons (Fsp3) is 0.444. The lowest BCUT2D eigenvalue weighted by Crippen LogP contribution is -2.32. The summed E-state index contributed by atoms with van der Waals surface area (Å²) in [5, 5.41) is 0. The van der Waals surface area contributed by atoms with Crippen molar-refractivity contribution >= 4 is 5.69 Å². The summed E-state index contributed by atoms with van der Waals surface area (Å²) in [6.07, 6.45) is 2.12. The van der Waals surface area contributed by atoms with Crippen LogP contribution >= 0.6 is 0 Å². The van der Waals surface area contributed by atoms with E-state index in [9.17, 15) is 0 Å². The molecule has 2 nitrogen and oxygen atoms in total. The van der Waals surface area contributed by atoms with Crippen molar-refractivity contribution in [2.75, 3.05) is 19.0 Å². The van der Waals surface area contributed by atoms with Crippen molar-refractivity contribution in [1.29, 1.82) is 0 Å². The summed E-state index contributed by atoms with van der Waals surface area (Å²) in [5.74, 6) is 0. The van der Waals surface area contributed by atoms with Crippen molar-refractivity contribution in [2.24, 2.45) is 7.05 Å². The van der Waals surface area contributed by atoms with Crippen molar-refractivity contribution in [1.82, 2.24) is 0 Å². The van der Waals surface area contributed by atoms with Gasteiger partial charge in [0.25, 0.3) is 0 Å². The van der Waals surface area contributed by atoms with Crippen LogP contribution in [-0.2, 0) is 7.05 Å². The summed E-state index contributed by atoms with van der Waals surface area (Å²) in [4.78, 5) is 2.10. The van der Waals surface area contributed by atoms with Gasteiger partial charge in [-0.15, -0.1) is 0 Å². The molecule has 1 heterocycles. The molecule has 0 radical (unpaired) electrons. The zero-order chi connectivity index (χ0) is 8.43. The molecule has 0 aliphatic carbocycles. The number of nitrogens with zero attached hydrogens (tertiary/aromatic N) is 2. The lowest BCUT2D eigenvalue weighted by molar-refractivity contribution is -0.677. The maximum atomic E-state index is 2.12. The molecule has 0 saturated heterocycles. The summed E-state index contributed by atoms with van der Waals surface area (Å²) in [6.45, 7) is 2.10. The average Bonchev–Trinajstić information content (AvgIpc) is 1.94. The van der Waals surface area contributed by atoms with Crippen LogP contribution in [0.15, 0.2) is 18.3 Å². The molecule has 0 unspecified atom stereocenters. The first-order chi connectivity index (χ1) is 5.11. The minimum absolute atomic E-state index is 1.23. The Morgan fingerprint density at radius 2 is 1.91 bits per heavy atom. The summed E-state index contributed by atoms with van der Waals surface area (Å²) in [6, 6.07) is 4.24. The monoisotopic (exact) mass is 151 g/mol. The van der Waals surface area contributed by atoms with Crippen molar-refractivity contribution < 1.29 is 4.57 Å². The number of hydrogen-bond acceptors (Lipinski definition) is 1. The van der Waals surface area contributed by atoms with Crippen LogP contribution in [0.3, 0.4) is 0 Å². The topological polar surface area (TPSA) is 7.12 Å². The largest absolute Gasteiger partial charge is 0.373 e. The van der Waals surface area contributed by atoms with Crippen molar-refractivity contribution in [3.63, 3.8) is 0 Å². The Morgan fingerprint density at radius 1 is 1.27 bits per heavy atom. The number of pyridine rings is 1. The summed E-state index contributed by atoms with van der Waals surface area (Å²) < 4.78 is 2.12. The number of anilines is 1. The van der Waals surface area contributed by atoms with Gasteiger partial charge in [-0.05, 0) is 6.07 Å². The third-order valence-corrected chi connectivity index (χ3v) is 1.89. The highest BCUT2D eigenvalue weighted by molar-refractivity contribution is 5.40. The normalized spacial score (nSPS) is 9.82. The highest BCUT2D eigenvalue weighted by atomic mass is 15.1. The van der Waals surface area contributed by atoms with Crippen LogP contribution < -0.4 is 9.47 Å². The smallest absolute Gasteiger partial charge is 0.192 e. The van der Waals surface area contributed by atoms with Gasteiger partial charge in [-0.3, -0.25) is 0 Å². The van der Waals surface area contributed by atoms with Gasteiger partial charge in [0.15, 0.2) is 11.9 Å². The fourth-order valence-electron chi connectivity index (χ4n) is 0.931. The van der Waals surface area contributed by atoms with E-state index in [0.717, 1.165) is 0 Å². The van der Waals surface area contributed by atoms with Crippen LogP contribution in [0, 0.1) is 6.92 Å². The number of aromatic nitrogens is 1. The molecule has 1 rings (SSSR count). The van der Waals surface area contributed by atoms with Gasteiger partial charge in [-0.1, -0.05) is 0 Å².